The van der Waals surface area contributed by atoms with Crippen LogP contribution in [0.25, 0.3) is 0 Å². The van der Waals surface area contributed by atoms with Crippen molar-refractivity contribution < 1.29 is 0 Å². The molecule has 1 rings (SSSR count). The van der Waals surface area contributed by atoms with Crippen molar-refractivity contribution in [1.82, 2.24) is 4.90 Å². The van der Waals surface area contributed by atoms with Crippen molar-refractivity contribution in [2.24, 2.45) is 5.92 Å². The summed E-state index contributed by atoms with van der Waals surface area (Å²) < 4.78 is 0. The summed E-state index contributed by atoms with van der Waals surface area (Å²) in [7, 11) is 0. The van der Waals surface area contributed by atoms with Crippen LogP contribution in [-0.2, 0) is 0 Å². The van der Waals surface area contributed by atoms with Gasteiger partial charge in [0.25, 0.3) is 0 Å². The fourth-order valence-corrected chi connectivity index (χ4v) is 1.93. The fraction of sp³-hybridized carbons (Fsp3) is 0.818. The van der Waals surface area contributed by atoms with Crippen molar-refractivity contribution in [3.63, 3.8) is 0 Å². The number of nitrogens with zero attached hydrogens (tertiary/aromatic N) is 1. The zero-order valence-corrected chi connectivity index (χ0v) is 8.80. The first kappa shape index (κ1) is 9.63. The molecule has 1 aliphatic heterocycles. The lowest BCUT2D eigenvalue weighted by Gasteiger charge is -2.27. The molecule has 1 heterocycles. The lowest BCUT2D eigenvalue weighted by molar-refractivity contribution is 0.259. The van der Waals surface area contributed by atoms with Gasteiger partial charge in [-0.25, -0.2) is 0 Å². The molecule has 0 aromatic carbocycles. The highest BCUT2D eigenvalue weighted by Crippen LogP contribution is 2.26. The SMILES string of the molecule is CCCCN1C(C)=CC(C)C1C. The van der Waals surface area contributed by atoms with Crippen LogP contribution in [0, 0.1) is 5.92 Å². The number of rotatable bonds is 3. The van der Waals surface area contributed by atoms with Crippen LogP contribution in [-0.4, -0.2) is 17.5 Å². The van der Waals surface area contributed by atoms with Crippen molar-refractivity contribution in [1.29, 1.82) is 0 Å². The molecule has 0 radical (unpaired) electrons. The average molecular weight is 167 g/mol. The molecule has 0 amide bonds. The van der Waals surface area contributed by atoms with Crippen LogP contribution in [0.1, 0.15) is 40.5 Å². The average Bonchev–Trinajstić information content (AvgIpc) is 2.25. The van der Waals surface area contributed by atoms with Crippen LogP contribution in [0.15, 0.2) is 11.8 Å². The molecule has 2 unspecified atom stereocenters. The van der Waals surface area contributed by atoms with Crippen molar-refractivity contribution in [3.8, 4) is 0 Å². The van der Waals surface area contributed by atoms with Gasteiger partial charge in [0.05, 0.1) is 0 Å². The molecule has 0 saturated heterocycles. The lowest BCUT2D eigenvalue weighted by atomic mass is 10.1. The van der Waals surface area contributed by atoms with E-state index in [0.29, 0.717) is 0 Å². The first-order valence-electron chi connectivity index (χ1n) is 5.12. The molecule has 0 aromatic heterocycles. The van der Waals surface area contributed by atoms with Crippen molar-refractivity contribution in [2.45, 2.75) is 46.6 Å². The fourth-order valence-electron chi connectivity index (χ4n) is 1.93. The Balaban J connectivity index is 2.48. The Morgan fingerprint density at radius 3 is 2.50 bits per heavy atom. The minimum atomic E-state index is 0.719. The monoisotopic (exact) mass is 167 g/mol. The zero-order valence-electron chi connectivity index (χ0n) is 8.80. The van der Waals surface area contributed by atoms with Gasteiger partial charge >= 0.3 is 0 Å². The number of hydrogen-bond acceptors (Lipinski definition) is 1. The van der Waals surface area contributed by atoms with Gasteiger partial charge in [0.1, 0.15) is 0 Å². The summed E-state index contributed by atoms with van der Waals surface area (Å²) in [5.74, 6) is 0.738. The minimum Gasteiger partial charge on any atom is -0.372 e. The standard InChI is InChI=1S/C11H21N/c1-5-6-7-12-10(3)8-9(2)11(12)4/h8-9,11H,5-7H2,1-4H3. The van der Waals surface area contributed by atoms with E-state index in [2.05, 4.69) is 38.7 Å². The largest absolute Gasteiger partial charge is 0.372 e. The van der Waals surface area contributed by atoms with Gasteiger partial charge in [0.15, 0.2) is 0 Å². The van der Waals surface area contributed by atoms with E-state index in [1.165, 1.54) is 25.1 Å². The second-order valence-corrected chi connectivity index (χ2v) is 3.95. The molecular weight excluding hydrogens is 146 g/mol. The highest BCUT2D eigenvalue weighted by molar-refractivity contribution is 5.10. The Labute approximate surface area is 76.5 Å². The second-order valence-electron chi connectivity index (χ2n) is 3.95. The smallest absolute Gasteiger partial charge is 0.0319 e. The minimum absolute atomic E-state index is 0.719. The van der Waals surface area contributed by atoms with E-state index in [0.717, 1.165) is 12.0 Å². The van der Waals surface area contributed by atoms with Gasteiger partial charge in [-0.1, -0.05) is 26.3 Å². The van der Waals surface area contributed by atoms with E-state index in [1.54, 1.807) is 0 Å². The topological polar surface area (TPSA) is 3.24 Å². The molecule has 0 bridgehead atoms. The molecule has 0 spiro atoms. The summed E-state index contributed by atoms with van der Waals surface area (Å²) in [6.07, 6.45) is 5.01. The summed E-state index contributed by atoms with van der Waals surface area (Å²) >= 11 is 0. The molecule has 12 heavy (non-hydrogen) atoms. The zero-order chi connectivity index (χ0) is 9.14. The van der Waals surface area contributed by atoms with Crippen molar-refractivity contribution in [2.75, 3.05) is 6.54 Å². The molecule has 1 heteroatoms. The van der Waals surface area contributed by atoms with Gasteiger partial charge in [0.2, 0.25) is 0 Å². The van der Waals surface area contributed by atoms with Gasteiger partial charge in [-0.05, 0) is 26.2 Å². The van der Waals surface area contributed by atoms with E-state index in [9.17, 15) is 0 Å². The Morgan fingerprint density at radius 1 is 1.42 bits per heavy atom. The van der Waals surface area contributed by atoms with Crippen LogP contribution in [0.5, 0.6) is 0 Å². The van der Waals surface area contributed by atoms with E-state index in [-0.39, 0.29) is 0 Å². The summed E-state index contributed by atoms with van der Waals surface area (Å²) in [5, 5.41) is 0. The van der Waals surface area contributed by atoms with Crippen molar-refractivity contribution >= 4 is 0 Å². The van der Waals surface area contributed by atoms with Gasteiger partial charge in [-0.15, -0.1) is 0 Å². The summed E-state index contributed by atoms with van der Waals surface area (Å²) in [5.41, 5.74) is 1.48. The highest BCUT2D eigenvalue weighted by atomic mass is 15.2. The molecule has 0 aliphatic carbocycles. The first-order chi connectivity index (χ1) is 5.66. The Morgan fingerprint density at radius 2 is 2.08 bits per heavy atom. The third kappa shape index (κ3) is 1.82. The molecule has 0 aromatic rings. The van der Waals surface area contributed by atoms with Crippen molar-refractivity contribution in [3.05, 3.63) is 11.8 Å². The molecule has 1 aliphatic rings. The van der Waals surface area contributed by atoms with E-state index < -0.39 is 0 Å². The Kier molecular flexibility index (Phi) is 3.19. The van der Waals surface area contributed by atoms with Crippen LogP contribution in [0.3, 0.4) is 0 Å². The maximum absolute atomic E-state index is 2.54. The molecular formula is C11H21N. The van der Waals surface area contributed by atoms with Crippen LogP contribution in [0.4, 0.5) is 0 Å². The van der Waals surface area contributed by atoms with Gasteiger partial charge in [0, 0.05) is 18.3 Å². The molecule has 70 valence electrons. The van der Waals surface area contributed by atoms with Gasteiger partial charge in [-0.2, -0.15) is 0 Å². The molecule has 1 nitrogen and oxygen atoms in total. The van der Waals surface area contributed by atoms with Gasteiger partial charge < -0.3 is 4.90 Å². The third-order valence-corrected chi connectivity index (χ3v) is 2.96. The maximum atomic E-state index is 2.54. The molecule has 0 fully saturated rings. The summed E-state index contributed by atoms with van der Waals surface area (Å²) in [6, 6.07) is 0.719. The number of allylic oxidation sites excluding steroid dienone is 1. The highest BCUT2D eigenvalue weighted by Gasteiger charge is 2.24. The third-order valence-electron chi connectivity index (χ3n) is 2.96. The Bertz CT molecular complexity index is 172. The molecule has 2 atom stereocenters. The first-order valence-corrected chi connectivity index (χ1v) is 5.12. The predicted octanol–water partition coefficient (Wildman–Crippen LogP) is 3.03. The van der Waals surface area contributed by atoms with E-state index >= 15 is 0 Å². The predicted molar refractivity (Wildman–Crippen MR) is 54.0 cm³/mol. The van der Waals surface area contributed by atoms with E-state index in [1.807, 2.05) is 0 Å². The number of hydrogen-bond donors (Lipinski definition) is 0. The van der Waals surface area contributed by atoms with Gasteiger partial charge in [-0.3, -0.25) is 0 Å². The quantitative estimate of drug-likeness (QED) is 0.624. The normalized spacial score (nSPS) is 29.3. The maximum Gasteiger partial charge on any atom is 0.0319 e. The van der Waals surface area contributed by atoms with Crippen LogP contribution < -0.4 is 0 Å². The Hall–Kier alpha value is -0.460. The summed E-state index contributed by atoms with van der Waals surface area (Å²) in [4.78, 5) is 2.54. The van der Waals surface area contributed by atoms with Crippen LogP contribution >= 0.6 is 0 Å². The van der Waals surface area contributed by atoms with E-state index in [4.69, 9.17) is 0 Å². The second kappa shape index (κ2) is 3.97. The summed E-state index contributed by atoms with van der Waals surface area (Å²) in [6.45, 7) is 10.4. The molecule has 0 N–H and O–H groups in total. The lowest BCUT2D eigenvalue weighted by Crippen LogP contribution is -2.30. The molecule has 0 saturated carbocycles. The number of unbranched alkanes of at least 4 members (excludes halogenated alkanes) is 1. The van der Waals surface area contributed by atoms with Crippen LogP contribution in [0.2, 0.25) is 0 Å².